The highest BCUT2D eigenvalue weighted by Gasteiger charge is 2.39. The third-order valence-corrected chi connectivity index (χ3v) is 7.13. The fourth-order valence-corrected chi connectivity index (χ4v) is 7.78. The average Bonchev–Trinajstić information content (AvgIpc) is 1.78. The van der Waals surface area contributed by atoms with Crippen LogP contribution in [0.2, 0.25) is 12.1 Å². The van der Waals surface area contributed by atoms with E-state index in [0.29, 0.717) is 0 Å². The van der Waals surface area contributed by atoms with Gasteiger partial charge in [-0.15, -0.1) is 11.1 Å². The van der Waals surface area contributed by atoms with Gasteiger partial charge in [-0.05, 0) is 22.9 Å². The predicted molar refractivity (Wildman–Crippen MR) is 67.1 cm³/mol. The maximum absolute atomic E-state index is 6.61. The standard InChI is InChI=1S/C11H25ClOSi/c1-10(2,3)8-14(12,13-7)9-11(4,5)6/h8-9H2,1-7H3. The second-order valence-corrected chi connectivity index (χ2v) is 11.5. The van der Waals surface area contributed by atoms with E-state index in [1.807, 2.05) is 0 Å². The average molecular weight is 237 g/mol. The van der Waals surface area contributed by atoms with Crippen molar-refractivity contribution in [3.05, 3.63) is 0 Å². The molecule has 1 nitrogen and oxygen atoms in total. The summed E-state index contributed by atoms with van der Waals surface area (Å²) in [5, 5.41) is 0. The van der Waals surface area contributed by atoms with Gasteiger partial charge in [-0.1, -0.05) is 41.5 Å². The van der Waals surface area contributed by atoms with Crippen molar-refractivity contribution in [2.75, 3.05) is 7.11 Å². The zero-order valence-corrected chi connectivity index (χ0v) is 12.5. The molecule has 0 unspecified atom stereocenters. The van der Waals surface area contributed by atoms with Crippen molar-refractivity contribution in [2.24, 2.45) is 10.8 Å². The highest BCUT2D eigenvalue weighted by atomic mass is 35.6. The lowest BCUT2D eigenvalue weighted by Gasteiger charge is -2.34. The van der Waals surface area contributed by atoms with E-state index in [2.05, 4.69) is 41.5 Å². The van der Waals surface area contributed by atoms with Gasteiger partial charge in [-0.2, -0.15) is 0 Å². The molecule has 0 aliphatic heterocycles. The van der Waals surface area contributed by atoms with Crippen molar-refractivity contribution in [1.29, 1.82) is 0 Å². The second-order valence-electron chi connectivity index (χ2n) is 6.56. The molecule has 0 atom stereocenters. The Labute approximate surface area is 95.0 Å². The summed E-state index contributed by atoms with van der Waals surface area (Å²) in [5.74, 6) is 0. The quantitative estimate of drug-likeness (QED) is 0.521. The lowest BCUT2D eigenvalue weighted by atomic mass is 10.00. The molecule has 0 spiro atoms. The third-order valence-electron chi connectivity index (χ3n) is 1.95. The van der Waals surface area contributed by atoms with Gasteiger partial charge in [0.2, 0.25) is 0 Å². The van der Waals surface area contributed by atoms with Crippen LogP contribution >= 0.6 is 11.1 Å². The maximum atomic E-state index is 6.61. The fourth-order valence-electron chi connectivity index (χ4n) is 1.79. The van der Waals surface area contributed by atoms with E-state index < -0.39 is 7.63 Å². The molecule has 3 heteroatoms. The zero-order valence-electron chi connectivity index (χ0n) is 10.7. The van der Waals surface area contributed by atoms with Crippen molar-refractivity contribution in [2.45, 2.75) is 53.6 Å². The minimum absolute atomic E-state index is 0.259. The third kappa shape index (κ3) is 6.85. The van der Waals surface area contributed by atoms with Crippen LogP contribution in [0.3, 0.4) is 0 Å². The number of hydrogen-bond donors (Lipinski definition) is 0. The van der Waals surface area contributed by atoms with Gasteiger partial charge >= 0.3 is 0 Å². The first kappa shape index (κ1) is 14.5. The highest BCUT2D eigenvalue weighted by molar-refractivity contribution is 7.16. The molecule has 0 saturated carbocycles. The summed E-state index contributed by atoms with van der Waals surface area (Å²) < 4.78 is 5.59. The van der Waals surface area contributed by atoms with Gasteiger partial charge in [0.25, 0.3) is 7.63 Å². The van der Waals surface area contributed by atoms with E-state index in [1.165, 1.54) is 0 Å². The Bertz CT molecular complexity index is 163. The second kappa shape index (κ2) is 4.54. The van der Waals surface area contributed by atoms with Crippen molar-refractivity contribution in [3.63, 3.8) is 0 Å². The largest absolute Gasteiger partial charge is 0.406 e. The Kier molecular flexibility index (Phi) is 4.69. The molecule has 0 radical (unpaired) electrons. The summed E-state index contributed by atoms with van der Waals surface area (Å²) in [6.45, 7) is 13.3. The molecular weight excluding hydrogens is 212 g/mol. The monoisotopic (exact) mass is 236 g/mol. The van der Waals surface area contributed by atoms with Crippen molar-refractivity contribution in [3.8, 4) is 0 Å². The van der Waals surface area contributed by atoms with Gasteiger partial charge in [-0.3, -0.25) is 0 Å². The molecule has 0 aromatic carbocycles. The van der Waals surface area contributed by atoms with E-state index in [0.717, 1.165) is 12.1 Å². The number of halogens is 1. The summed E-state index contributed by atoms with van der Waals surface area (Å²) in [6.07, 6.45) is 0. The molecule has 14 heavy (non-hydrogen) atoms. The maximum Gasteiger partial charge on any atom is 0.290 e. The van der Waals surface area contributed by atoms with Gasteiger partial charge < -0.3 is 4.43 Å². The summed E-state index contributed by atoms with van der Waals surface area (Å²) in [6, 6.07) is 2.02. The highest BCUT2D eigenvalue weighted by Crippen LogP contribution is 2.38. The first-order valence-electron chi connectivity index (χ1n) is 5.22. The van der Waals surface area contributed by atoms with Gasteiger partial charge in [0.15, 0.2) is 0 Å². The van der Waals surface area contributed by atoms with Crippen LogP contribution in [0.4, 0.5) is 0 Å². The Morgan fingerprint density at radius 3 is 1.36 bits per heavy atom. The Morgan fingerprint density at radius 1 is 0.929 bits per heavy atom. The Morgan fingerprint density at radius 2 is 1.21 bits per heavy atom. The van der Waals surface area contributed by atoms with Crippen LogP contribution in [-0.4, -0.2) is 14.7 Å². The predicted octanol–water partition coefficient (Wildman–Crippen LogP) is 4.41. The van der Waals surface area contributed by atoms with E-state index in [9.17, 15) is 0 Å². The summed E-state index contributed by atoms with van der Waals surface area (Å²) in [4.78, 5) is 0. The molecule has 0 aliphatic carbocycles. The molecule has 0 fully saturated rings. The Hall–Kier alpha value is 0.467. The van der Waals surface area contributed by atoms with Crippen molar-refractivity contribution >= 4 is 18.7 Å². The first-order chi connectivity index (χ1) is 5.97. The fraction of sp³-hybridized carbons (Fsp3) is 1.00. The van der Waals surface area contributed by atoms with Crippen LogP contribution in [0.25, 0.3) is 0 Å². The minimum atomic E-state index is -2.02. The molecule has 0 aromatic rings. The van der Waals surface area contributed by atoms with Crippen LogP contribution in [-0.2, 0) is 4.43 Å². The van der Waals surface area contributed by atoms with E-state index >= 15 is 0 Å². The molecule has 0 rings (SSSR count). The lowest BCUT2D eigenvalue weighted by molar-refractivity contribution is 0.345. The number of rotatable bonds is 3. The summed E-state index contributed by atoms with van der Waals surface area (Å²) >= 11 is 6.61. The van der Waals surface area contributed by atoms with Crippen LogP contribution in [0.5, 0.6) is 0 Å². The van der Waals surface area contributed by atoms with Gasteiger partial charge in [0.05, 0.1) is 0 Å². The molecule has 0 aliphatic rings. The zero-order chi connectivity index (χ0) is 11.6. The first-order valence-corrected chi connectivity index (χ1v) is 8.55. The van der Waals surface area contributed by atoms with Crippen molar-refractivity contribution in [1.82, 2.24) is 0 Å². The van der Waals surface area contributed by atoms with Gasteiger partial charge in [-0.25, -0.2) is 0 Å². The van der Waals surface area contributed by atoms with Crippen LogP contribution < -0.4 is 0 Å². The lowest BCUT2D eigenvalue weighted by Crippen LogP contribution is -2.38. The number of hydrogen-bond acceptors (Lipinski definition) is 1. The molecule has 86 valence electrons. The van der Waals surface area contributed by atoms with Crippen LogP contribution in [0.1, 0.15) is 41.5 Å². The van der Waals surface area contributed by atoms with Crippen molar-refractivity contribution < 1.29 is 4.43 Å². The molecule has 0 saturated heterocycles. The van der Waals surface area contributed by atoms with E-state index in [1.54, 1.807) is 7.11 Å². The van der Waals surface area contributed by atoms with E-state index in [4.69, 9.17) is 15.5 Å². The van der Waals surface area contributed by atoms with Gasteiger partial charge in [0, 0.05) is 7.11 Å². The van der Waals surface area contributed by atoms with Crippen LogP contribution in [0, 0.1) is 10.8 Å². The molecule has 0 bridgehead atoms. The molecule has 0 aromatic heterocycles. The topological polar surface area (TPSA) is 9.23 Å². The SMILES string of the molecule is CO[Si](Cl)(CC(C)(C)C)CC(C)(C)C. The minimum Gasteiger partial charge on any atom is -0.406 e. The summed E-state index contributed by atoms with van der Waals surface area (Å²) in [7, 11) is -0.261. The molecule has 0 heterocycles. The molecule has 0 amide bonds. The van der Waals surface area contributed by atoms with Gasteiger partial charge in [0.1, 0.15) is 0 Å². The van der Waals surface area contributed by atoms with Crippen LogP contribution in [0.15, 0.2) is 0 Å². The Balaban J connectivity index is 4.49. The smallest absolute Gasteiger partial charge is 0.290 e. The summed E-state index contributed by atoms with van der Waals surface area (Å²) in [5.41, 5.74) is 0.518. The molecular formula is C11H25ClOSi. The molecule has 0 N–H and O–H groups in total. The van der Waals surface area contributed by atoms with E-state index in [-0.39, 0.29) is 10.8 Å². The normalized spacial score (nSPS) is 14.6.